The third-order valence-corrected chi connectivity index (χ3v) is 6.42. The van der Waals surface area contributed by atoms with Crippen molar-refractivity contribution in [3.63, 3.8) is 0 Å². The van der Waals surface area contributed by atoms with Gasteiger partial charge in [0.05, 0.1) is 18.2 Å². The van der Waals surface area contributed by atoms with Crippen molar-refractivity contribution < 1.29 is 9.90 Å². The van der Waals surface area contributed by atoms with Gasteiger partial charge < -0.3 is 19.9 Å². The van der Waals surface area contributed by atoms with Crippen LogP contribution in [-0.2, 0) is 17.8 Å². The highest BCUT2D eigenvalue weighted by molar-refractivity contribution is 5.98. The zero-order valence-electron chi connectivity index (χ0n) is 20.5. The van der Waals surface area contributed by atoms with Crippen LogP contribution in [0.3, 0.4) is 0 Å². The molecule has 0 spiro atoms. The molecular formula is C27H39N3O2. The number of likely N-dealkylation sites (N-methyl/N-ethyl adjacent to an activating group) is 1. The molecule has 2 unspecified atom stereocenters. The Kier molecular flexibility index (Phi) is 7.83. The van der Waals surface area contributed by atoms with E-state index in [-0.39, 0.29) is 30.5 Å². The number of anilines is 1. The molecule has 1 aliphatic rings. The summed E-state index contributed by atoms with van der Waals surface area (Å²) in [5, 5.41) is 14.2. The number of aromatic nitrogens is 1. The van der Waals surface area contributed by atoms with Crippen molar-refractivity contribution >= 4 is 22.5 Å². The summed E-state index contributed by atoms with van der Waals surface area (Å²) < 4.78 is 2.30. The number of rotatable bonds is 7. The minimum Gasteiger partial charge on any atom is -0.394 e. The number of hydrogen-bond donors (Lipinski definition) is 2. The highest BCUT2D eigenvalue weighted by Crippen LogP contribution is 2.35. The molecule has 5 nitrogen and oxygen atoms in total. The normalized spacial score (nSPS) is 19.6. The zero-order chi connectivity index (χ0) is 23.4. The summed E-state index contributed by atoms with van der Waals surface area (Å²) in [6, 6.07) is 5.77. The van der Waals surface area contributed by atoms with Gasteiger partial charge in [-0.25, -0.2) is 0 Å². The van der Waals surface area contributed by atoms with Gasteiger partial charge in [-0.05, 0) is 63.6 Å². The number of aliphatic hydroxyl groups excluding tert-OH is 1. The van der Waals surface area contributed by atoms with Crippen molar-refractivity contribution in [1.82, 2.24) is 9.88 Å². The quantitative estimate of drug-likeness (QED) is 0.610. The maximum atomic E-state index is 13.0. The Morgan fingerprint density at radius 1 is 1.25 bits per heavy atom. The zero-order valence-corrected chi connectivity index (χ0v) is 20.5. The van der Waals surface area contributed by atoms with Crippen LogP contribution in [0.15, 0.2) is 47.7 Å². The topological polar surface area (TPSA) is 57.5 Å². The first-order chi connectivity index (χ1) is 15.2. The van der Waals surface area contributed by atoms with E-state index < -0.39 is 0 Å². The second-order valence-corrected chi connectivity index (χ2v) is 9.74. The van der Waals surface area contributed by atoms with Gasteiger partial charge in [-0.15, -0.1) is 0 Å². The first-order valence-corrected chi connectivity index (χ1v) is 11.8. The number of carbonyl (C=O) groups excluding carboxylic acids is 1. The third-order valence-electron chi connectivity index (χ3n) is 6.42. The van der Waals surface area contributed by atoms with Gasteiger partial charge >= 0.3 is 0 Å². The molecule has 1 aromatic carbocycles. The Morgan fingerprint density at radius 2 is 2.00 bits per heavy atom. The average molecular weight is 438 g/mol. The molecule has 5 heteroatoms. The maximum absolute atomic E-state index is 13.0. The van der Waals surface area contributed by atoms with Crippen LogP contribution in [-0.4, -0.2) is 41.3 Å². The summed E-state index contributed by atoms with van der Waals surface area (Å²) in [6.07, 6.45) is 9.56. The van der Waals surface area contributed by atoms with E-state index in [0.717, 1.165) is 25.1 Å². The monoisotopic (exact) mass is 437 g/mol. The predicted molar refractivity (Wildman–Crippen MR) is 134 cm³/mol. The van der Waals surface area contributed by atoms with E-state index in [1.54, 1.807) is 0 Å². The van der Waals surface area contributed by atoms with E-state index >= 15 is 0 Å². The van der Waals surface area contributed by atoms with Crippen LogP contribution in [0.25, 0.3) is 10.9 Å². The number of hydrogen-bond acceptors (Lipinski definition) is 3. The van der Waals surface area contributed by atoms with E-state index in [0.29, 0.717) is 6.42 Å². The Morgan fingerprint density at radius 3 is 2.66 bits per heavy atom. The highest BCUT2D eigenvalue weighted by atomic mass is 16.3. The van der Waals surface area contributed by atoms with Crippen LogP contribution < -0.4 is 10.2 Å². The molecule has 0 saturated heterocycles. The number of nitrogens with one attached hydrogen (secondary N) is 1. The maximum Gasteiger partial charge on any atom is 0.243 e. The molecule has 2 N–H and O–H groups in total. The third kappa shape index (κ3) is 5.26. The highest BCUT2D eigenvalue weighted by Gasteiger charge is 2.32. The first-order valence-electron chi connectivity index (χ1n) is 11.8. The van der Waals surface area contributed by atoms with Crippen molar-refractivity contribution in [2.75, 3.05) is 18.6 Å². The Labute approximate surface area is 192 Å². The second-order valence-electron chi connectivity index (χ2n) is 9.74. The molecule has 0 radical (unpaired) electrons. The van der Waals surface area contributed by atoms with E-state index in [1.807, 2.05) is 7.05 Å². The standard InChI is InChI=1S/C27H39N3O2/c1-18(2)9-7-10-20(5)13-14-30-16-21-15-22(17-31)28-27(32)26(19(3)4)29(6)23-11-8-12-24(30)25(21)23/h8-9,11-13,16,19,22,26,31H,7,10,14-15,17H2,1-6H3,(H,28,32)/b20-13+. The minimum atomic E-state index is -0.291. The Balaban J connectivity index is 2.02. The van der Waals surface area contributed by atoms with Gasteiger partial charge in [0.25, 0.3) is 0 Å². The summed E-state index contributed by atoms with van der Waals surface area (Å²) >= 11 is 0. The molecular weight excluding hydrogens is 398 g/mol. The van der Waals surface area contributed by atoms with Crippen LogP contribution in [0.1, 0.15) is 53.0 Å². The first kappa shape index (κ1) is 24.1. The van der Waals surface area contributed by atoms with E-state index in [9.17, 15) is 9.90 Å². The van der Waals surface area contributed by atoms with Crippen LogP contribution in [0, 0.1) is 5.92 Å². The molecule has 32 heavy (non-hydrogen) atoms. The second kappa shape index (κ2) is 10.4. The summed E-state index contributed by atoms with van der Waals surface area (Å²) in [5.74, 6) is 0.121. The van der Waals surface area contributed by atoms with Crippen molar-refractivity contribution in [2.24, 2.45) is 5.92 Å². The van der Waals surface area contributed by atoms with E-state index in [4.69, 9.17) is 0 Å². The summed E-state index contributed by atoms with van der Waals surface area (Å²) in [7, 11) is 2.01. The molecule has 2 atom stereocenters. The lowest BCUT2D eigenvalue weighted by molar-refractivity contribution is -0.124. The van der Waals surface area contributed by atoms with Gasteiger partial charge in [0.15, 0.2) is 0 Å². The number of carbonyl (C=O) groups is 1. The number of benzene rings is 1. The van der Waals surface area contributed by atoms with Crippen molar-refractivity contribution in [3.8, 4) is 0 Å². The Bertz CT molecular complexity index is 1010. The van der Waals surface area contributed by atoms with Crippen LogP contribution in [0.5, 0.6) is 0 Å². The predicted octanol–water partition coefficient (Wildman–Crippen LogP) is 4.83. The lowest BCUT2D eigenvalue weighted by Crippen LogP contribution is -2.52. The summed E-state index contributed by atoms with van der Waals surface area (Å²) in [6.45, 7) is 11.4. The van der Waals surface area contributed by atoms with Crippen LogP contribution in [0.2, 0.25) is 0 Å². The lowest BCUT2D eigenvalue weighted by atomic mass is 10.0. The van der Waals surface area contributed by atoms with Crippen molar-refractivity contribution in [2.45, 2.75) is 72.5 Å². The molecule has 2 aromatic rings. The fourth-order valence-electron chi connectivity index (χ4n) is 4.75. The molecule has 0 fully saturated rings. The van der Waals surface area contributed by atoms with Gasteiger partial charge in [0.1, 0.15) is 6.04 Å². The molecule has 0 saturated carbocycles. The number of allylic oxidation sites excluding steroid dienone is 4. The van der Waals surface area contributed by atoms with E-state index in [1.165, 1.54) is 27.6 Å². The smallest absolute Gasteiger partial charge is 0.243 e. The largest absolute Gasteiger partial charge is 0.394 e. The van der Waals surface area contributed by atoms with Crippen molar-refractivity contribution in [3.05, 3.63) is 53.3 Å². The number of nitrogens with zero attached hydrogens (tertiary/aromatic N) is 2. The molecule has 1 aliphatic heterocycles. The average Bonchev–Trinajstić information content (AvgIpc) is 3.09. The van der Waals surface area contributed by atoms with Gasteiger partial charge in [0, 0.05) is 30.9 Å². The molecule has 0 aliphatic carbocycles. The van der Waals surface area contributed by atoms with Crippen LogP contribution in [0.4, 0.5) is 5.69 Å². The summed E-state index contributed by atoms with van der Waals surface area (Å²) in [5.41, 5.74) is 6.17. The van der Waals surface area contributed by atoms with Gasteiger partial charge in [-0.2, -0.15) is 0 Å². The fraction of sp³-hybridized carbons (Fsp3) is 0.519. The summed E-state index contributed by atoms with van der Waals surface area (Å²) in [4.78, 5) is 15.1. The molecule has 1 amide bonds. The van der Waals surface area contributed by atoms with E-state index in [2.05, 4.69) is 86.0 Å². The fourth-order valence-corrected chi connectivity index (χ4v) is 4.75. The lowest BCUT2D eigenvalue weighted by Gasteiger charge is -2.32. The molecule has 174 valence electrons. The SMILES string of the molecule is CC(C)=CCC/C(C)=C/Cn1cc2c3c(cccc31)N(C)C(C(C)C)C(=O)NC(CO)C2. The molecule has 1 aromatic heterocycles. The minimum absolute atomic E-state index is 0.0218. The number of amides is 1. The molecule has 3 rings (SSSR count). The van der Waals surface area contributed by atoms with Gasteiger partial charge in [0.2, 0.25) is 5.91 Å². The van der Waals surface area contributed by atoms with Crippen LogP contribution >= 0.6 is 0 Å². The van der Waals surface area contributed by atoms with Gasteiger partial charge in [-0.1, -0.05) is 43.2 Å². The Hall–Kier alpha value is -2.53. The van der Waals surface area contributed by atoms with Gasteiger partial charge in [-0.3, -0.25) is 4.79 Å². The molecule has 0 bridgehead atoms. The van der Waals surface area contributed by atoms with Crippen molar-refractivity contribution in [1.29, 1.82) is 0 Å². The number of aliphatic hydroxyl groups is 1. The molecule has 2 heterocycles.